The Bertz CT molecular complexity index is 221. The van der Waals surface area contributed by atoms with Crippen molar-refractivity contribution in [3.63, 3.8) is 0 Å². The van der Waals surface area contributed by atoms with E-state index in [9.17, 15) is 9.00 Å². The molecule has 3 unspecified atom stereocenters. The predicted octanol–water partition coefficient (Wildman–Crippen LogP) is 0.258. The fourth-order valence-corrected chi connectivity index (χ4v) is 1.29. The SMILES string of the molecule is CCC(C)NC(=O)CNCC(C)S(C)=O. The number of nitrogens with one attached hydrogen (secondary N) is 2. The summed E-state index contributed by atoms with van der Waals surface area (Å²) in [5.41, 5.74) is 0. The normalized spacial score (nSPS) is 16.8. The van der Waals surface area contributed by atoms with Crippen LogP contribution in [-0.2, 0) is 15.6 Å². The second kappa shape index (κ2) is 7.82. The van der Waals surface area contributed by atoms with Gasteiger partial charge in [-0.3, -0.25) is 9.00 Å². The van der Waals surface area contributed by atoms with Crippen LogP contribution in [0.3, 0.4) is 0 Å². The van der Waals surface area contributed by atoms with Gasteiger partial charge >= 0.3 is 0 Å². The van der Waals surface area contributed by atoms with Gasteiger partial charge in [0.1, 0.15) is 0 Å². The van der Waals surface area contributed by atoms with Crippen molar-refractivity contribution in [1.82, 2.24) is 10.6 Å². The lowest BCUT2D eigenvalue weighted by molar-refractivity contribution is -0.120. The maximum absolute atomic E-state index is 11.3. The van der Waals surface area contributed by atoms with Gasteiger partial charge in [0.05, 0.1) is 6.54 Å². The van der Waals surface area contributed by atoms with E-state index in [0.717, 1.165) is 6.42 Å². The van der Waals surface area contributed by atoms with E-state index in [0.29, 0.717) is 13.1 Å². The highest BCUT2D eigenvalue weighted by molar-refractivity contribution is 7.84. The molecule has 0 spiro atoms. The zero-order valence-electron chi connectivity index (χ0n) is 10.0. The van der Waals surface area contributed by atoms with Gasteiger partial charge in [0.25, 0.3) is 0 Å². The summed E-state index contributed by atoms with van der Waals surface area (Å²) >= 11 is 0. The fourth-order valence-electron chi connectivity index (χ4n) is 0.934. The lowest BCUT2D eigenvalue weighted by Gasteiger charge is -2.13. The molecular formula is C10H22N2O2S. The first kappa shape index (κ1) is 14.6. The van der Waals surface area contributed by atoms with Crippen molar-refractivity contribution in [2.75, 3.05) is 19.3 Å². The van der Waals surface area contributed by atoms with Gasteiger partial charge in [-0.25, -0.2) is 0 Å². The van der Waals surface area contributed by atoms with Gasteiger partial charge in [-0.1, -0.05) is 6.92 Å². The average molecular weight is 234 g/mol. The highest BCUT2D eigenvalue weighted by atomic mass is 32.2. The Hall–Kier alpha value is -0.420. The smallest absolute Gasteiger partial charge is 0.234 e. The molecule has 0 aliphatic rings. The second-order valence-electron chi connectivity index (χ2n) is 3.82. The van der Waals surface area contributed by atoms with Crippen molar-refractivity contribution >= 4 is 16.7 Å². The van der Waals surface area contributed by atoms with Crippen molar-refractivity contribution in [3.8, 4) is 0 Å². The standard InChI is InChI=1S/C10H22N2O2S/c1-5-8(2)12-10(13)7-11-6-9(3)15(4)14/h8-9,11H,5-7H2,1-4H3,(H,12,13). The Kier molecular flexibility index (Phi) is 7.60. The quantitative estimate of drug-likeness (QED) is 0.664. The molecule has 15 heavy (non-hydrogen) atoms. The Balaban J connectivity index is 3.59. The Labute approximate surface area is 94.7 Å². The zero-order valence-corrected chi connectivity index (χ0v) is 10.8. The van der Waals surface area contributed by atoms with Crippen molar-refractivity contribution in [2.45, 2.75) is 38.5 Å². The van der Waals surface area contributed by atoms with Crippen LogP contribution in [0.2, 0.25) is 0 Å². The first-order valence-corrected chi connectivity index (χ1v) is 6.91. The van der Waals surface area contributed by atoms with Gasteiger partial charge in [0, 0.05) is 34.9 Å². The summed E-state index contributed by atoms with van der Waals surface area (Å²) in [5.74, 6) is -0.00145. The van der Waals surface area contributed by atoms with Crippen LogP contribution in [0.1, 0.15) is 27.2 Å². The molecule has 0 radical (unpaired) electrons. The average Bonchev–Trinajstić information content (AvgIpc) is 2.17. The van der Waals surface area contributed by atoms with Crippen LogP contribution < -0.4 is 10.6 Å². The third-order valence-electron chi connectivity index (χ3n) is 2.30. The van der Waals surface area contributed by atoms with Crippen LogP contribution in [0, 0.1) is 0 Å². The van der Waals surface area contributed by atoms with Gasteiger partial charge in [0.15, 0.2) is 0 Å². The molecule has 2 N–H and O–H groups in total. The second-order valence-corrected chi connectivity index (χ2v) is 5.62. The van der Waals surface area contributed by atoms with E-state index in [4.69, 9.17) is 0 Å². The summed E-state index contributed by atoms with van der Waals surface area (Å²) in [7, 11) is -0.832. The molecule has 0 bridgehead atoms. The molecule has 1 amide bonds. The molecule has 0 rings (SSSR count). The van der Waals surface area contributed by atoms with Gasteiger partial charge in [0.2, 0.25) is 5.91 Å². The molecule has 3 atom stereocenters. The predicted molar refractivity (Wildman–Crippen MR) is 64.3 cm³/mol. The summed E-state index contributed by atoms with van der Waals surface area (Å²) in [6.07, 6.45) is 2.60. The molecule has 0 aromatic rings. The molecule has 5 heteroatoms. The Morgan fingerprint density at radius 2 is 2.00 bits per heavy atom. The number of hydrogen-bond donors (Lipinski definition) is 2. The summed E-state index contributed by atoms with van der Waals surface area (Å²) in [4.78, 5) is 11.3. The number of rotatable bonds is 7. The van der Waals surface area contributed by atoms with Crippen LogP contribution in [0.15, 0.2) is 0 Å². The molecule has 4 nitrogen and oxygen atoms in total. The van der Waals surface area contributed by atoms with E-state index in [1.54, 1.807) is 6.26 Å². The molecule has 0 saturated carbocycles. The van der Waals surface area contributed by atoms with Crippen LogP contribution >= 0.6 is 0 Å². The minimum absolute atomic E-state index is 0.00145. The van der Waals surface area contributed by atoms with E-state index in [1.807, 2.05) is 20.8 Å². The largest absolute Gasteiger partial charge is 0.353 e. The summed E-state index contributed by atoms with van der Waals surface area (Å²) < 4.78 is 11.0. The minimum atomic E-state index is -0.832. The van der Waals surface area contributed by atoms with Crippen molar-refractivity contribution in [1.29, 1.82) is 0 Å². The van der Waals surface area contributed by atoms with Crippen molar-refractivity contribution < 1.29 is 9.00 Å². The highest BCUT2D eigenvalue weighted by Crippen LogP contribution is 1.89. The van der Waals surface area contributed by atoms with E-state index < -0.39 is 10.8 Å². The van der Waals surface area contributed by atoms with E-state index in [-0.39, 0.29) is 17.2 Å². The molecule has 0 heterocycles. The molecule has 0 aromatic heterocycles. The van der Waals surface area contributed by atoms with Gasteiger partial charge < -0.3 is 10.6 Å². The minimum Gasteiger partial charge on any atom is -0.353 e. The molecule has 0 aliphatic carbocycles. The number of carbonyl (C=O) groups is 1. The summed E-state index contributed by atoms with van der Waals surface area (Å²) in [6, 6.07) is 0.219. The van der Waals surface area contributed by atoms with E-state index >= 15 is 0 Å². The fraction of sp³-hybridized carbons (Fsp3) is 0.900. The molecule has 90 valence electrons. The maximum atomic E-state index is 11.3. The van der Waals surface area contributed by atoms with Crippen LogP contribution in [0.5, 0.6) is 0 Å². The molecule has 0 aliphatic heterocycles. The van der Waals surface area contributed by atoms with Gasteiger partial charge in [-0.15, -0.1) is 0 Å². The van der Waals surface area contributed by atoms with Crippen LogP contribution in [0.25, 0.3) is 0 Å². The van der Waals surface area contributed by atoms with Crippen LogP contribution in [0.4, 0.5) is 0 Å². The summed E-state index contributed by atoms with van der Waals surface area (Å²) in [6.45, 7) is 6.81. The molecular weight excluding hydrogens is 212 g/mol. The molecule has 0 aromatic carbocycles. The zero-order chi connectivity index (χ0) is 11.8. The van der Waals surface area contributed by atoms with Gasteiger partial charge in [-0.2, -0.15) is 0 Å². The molecule has 0 saturated heterocycles. The maximum Gasteiger partial charge on any atom is 0.234 e. The third-order valence-corrected chi connectivity index (χ3v) is 3.60. The van der Waals surface area contributed by atoms with E-state index in [2.05, 4.69) is 10.6 Å². The topological polar surface area (TPSA) is 58.2 Å². The number of hydrogen-bond acceptors (Lipinski definition) is 3. The number of amides is 1. The first-order chi connectivity index (χ1) is 6.97. The highest BCUT2D eigenvalue weighted by Gasteiger charge is 2.08. The molecule has 0 fully saturated rings. The number of carbonyl (C=O) groups excluding carboxylic acids is 1. The van der Waals surface area contributed by atoms with Crippen LogP contribution in [-0.4, -0.2) is 40.8 Å². The van der Waals surface area contributed by atoms with Crippen molar-refractivity contribution in [2.24, 2.45) is 0 Å². The Morgan fingerprint density at radius 1 is 1.40 bits per heavy atom. The lowest BCUT2D eigenvalue weighted by Crippen LogP contribution is -2.40. The van der Waals surface area contributed by atoms with Crippen molar-refractivity contribution in [3.05, 3.63) is 0 Å². The third kappa shape index (κ3) is 7.50. The Morgan fingerprint density at radius 3 is 2.47 bits per heavy atom. The lowest BCUT2D eigenvalue weighted by atomic mass is 10.2. The van der Waals surface area contributed by atoms with E-state index in [1.165, 1.54) is 0 Å². The monoisotopic (exact) mass is 234 g/mol. The summed E-state index contributed by atoms with van der Waals surface area (Å²) in [5, 5.41) is 5.93. The first-order valence-electron chi connectivity index (χ1n) is 5.29. The van der Waals surface area contributed by atoms with Gasteiger partial charge in [-0.05, 0) is 20.3 Å².